The molecule has 1 atom stereocenters. The van der Waals surface area contributed by atoms with Gasteiger partial charge < -0.3 is 9.64 Å². The van der Waals surface area contributed by atoms with Crippen LogP contribution in [0.15, 0.2) is 51.7 Å². The Hall–Kier alpha value is -1.79. The first kappa shape index (κ1) is 16.1. The van der Waals surface area contributed by atoms with Gasteiger partial charge >= 0.3 is 5.97 Å². The maximum absolute atomic E-state index is 12.9. The first-order chi connectivity index (χ1) is 11.2. The number of thiophene rings is 1. The molecule has 1 aromatic heterocycles. The van der Waals surface area contributed by atoms with E-state index < -0.39 is 0 Å². The van der Waals surface area contributed by atoms with E-state index in [9.17, 15) is 9.59 Å². The zero-order chi connectivity index (χ0) is 16.4. The Labute approximate surface area is 143 Å². The van der Waals surface area contributed by atoms with Crippen molar-refractivity contribution in [1.29, 1.82) is 0 Å². The molecule has 0 amide bonds. The number of esters is 1. The molecule has 0 aromatic carbocycles. The number of thioether (sulfide) groups is 1. The lowest BCUT2D eigenvalue weighted by Gasteiger charge is -2.25. The van der Waals surface area contributed by atoms with Crippen LogP contribution in [0.25, 0.3) is 0 Å². The van der Waals surface area contributed by atoms with Crippen LogP contribution in [0.3, 0.4) is 0 Å². The molecule has 0 aliphatic carbocycles. The van der Waals surface area contributed by atoms with E-state index in [4.69, 9.17) is 4.74 Å². The van der Waals surface area contributed by atoms with Crippen LogP contribution in [0.2, 0.25) is 0 Å². The third-order valence-electron chi connectivity index (χ3n) is 3.94. The van der Waals surface area contributed by atoms with Crippen LogP contribution in [0.4, 0.5) is 0 Å². The number of rotatable bonds is 6. The largest absolute Gasteiger partial charge is 0.466 e. The molecule has 2 aliphatic heterocycles. The van der Waals surface area contributed by atoms with Gasteiger partial charge in [0.2, 0.25) is 0 Å². The van der Waals surface area contributed by atoms with Crippen LogP contribution in [0.5, 0.6) is 0 Å². The lowest BCUT2D eigenvalue weighted by Crippen LogP contribution is -2.36. The molecule has 1 unspecified atom stereocenters. The number of hydrogen-bond acceptors (Lipinski definition) is 6. The van der Waals surface area contributed by atoms with Crippen LogP contribution in [0, 0.1) is 0 Å². The summed E-state index contributed by atoms with van der Waals surface area (Å²) in [5.41, 5.74) is 2.21. The zero-order valence-electron chi connectivity index (χ0n) is 12.8. The summed E-state index contributed by atoms with van der Waals surface area (Å²) < 4.78 is 4.87. The Bertz CT molecular complexity index is 703. The van der Waals surface area contributed by atoms with E-state index in [0.29, 0.717) is 18.5 Å². The van der Waals surface area contributed by atoms with E-state index in [2.05, 4.69) is 6.58 Å². The molecule has 0 N–H and O–H groups in total. The third kappa shape index (κ3) is 2.88. The molecule has 0 saturated heterocycles. The number of ketones is 1. The molecule has 23 heavy (non-hydrogen) atoms. The summed E-state index contributed by atoms with van der Waals surface area (Å²) >= 11 is 3.11. The predicted molar refractivity (Wildman–Crippen MR) is 93.5 cm³/mol. The van der Waals surface area contributed by atoms with Crippen molar-refractivity contribution in [3.8, 4) is 0 Å². The molecule has 4 nitrogen and oxygen atoms in total. The number of carbonyl (C=O) groups is 2. The van der Waals surface area contributed by atoms with Gasteiger partial charge in [0.1, 0.15) is 6.04 Å². The Morgan fingerprint density at radius 3 is 3.04 bits per heavy atom. The maximum atomic E-state index is 12.9. The summed E-state index contributed by atoms with van der Waals surface area (Å²) in [7, 11) is 1.39. The molecule has 0 radical (unpaired) electrons. The second-order valence-corrected chi connectivity index (χ2v) is 7.10. The second kappa shape index (κ2) is 6.76. The van der Waals surface area contributed by atoms with Crippen LogP contribution in [-0.4, -0.2) is 42.1 Å². The average Bonchev–Trinajstić information content (AvgIpc) is 3.27. The van der Waals surface area contributed by atoms with Gasteiger partial charge in [0, 0.05) is 33.8 Å². The number of ether oxygens (including phenoxy) is 1. The fraction of sp³-hybridized carbons (Fsp3) is 0.294. The van der Waals surface area contributed by atoms with Crippen molar-refractivity contribution in [3.63, 3.8) is 0 Å². The molecule has 3 heterocycles. The third-order valence-corrected chi connectivity index (χ3v) is 5.70. The van der Waals surface area contributed by atoms with Crippen molar-refractivity contribution >= 4 is 34.9 Å². The van der Waals surface area contributed by atoms with Crippen molar-refractivity contribution in [2.24, 2.45) is 0 Å². The number of carbonyl (C=O) groups excluding carboxylic acids is 2. The Morgan fingerprint density at radius 1 is 1.57 bits per heavy atom. The molecule has 2 aliphatic rings. The monoisotopic (exact) mass is 347 g/mol. The molecule has 0 bridgehead atoms. The summed E-state index contributed by atoms with van der Waals surface area (Å²) in [5, 5.41) is 3.78. The first-order valence-corrected chi connectivity index (χ1v) is 9.20. The molecule has 0 fully saturated rings. The van der Waals surface area contributed by atoms with Gasteiger partial charge in [0.05, 0.1) is 12.7 Å². The molecule has 1 aromatic rings. The van der Waals surface area contributed by atoms with Gasteiger partial charge in [-0.25, -0.2) is 4.79 Å². The molecule has 0 saturated carbocycles. The summed E-state index contributed by atoms with van der Waals surface area (Å²) in [6.07, 6.45) is 4.39. The number of fused-ring (bicyclic) bond motifs is 1. The van der Waals surface area contributed by atoms with E-state index in [1.807, 2.05) is 33.9 Å². The normalized spacial score (nSPS) is 19.6. The van der Waals surface area contributed by atoms with E-state index in [-0.39, 0.29) is 17.8 Å². The highest BCUT2D eigenvalue weighted by Crippen LogP contribution is 2.41. The molecular weight excluding hydrogens is 330 g/mol. The molecule has 120 valence electrons. The number of nitrogens with zero attached hydrogens (tertiary/aromatic N) is 1. The number of Topliss-reactive ketones (excluding diaryl/α,β-unsaturated/α-hetero) is 1. The fourth-order valence-electron chi connectivity index (χ4n) is 2.90. The maximum Gasteiger partial charge on any atom is 0.335 e. The van der Waals surface area contributed by atoms with Crippen molar-refractivity contribution in [2.45, 2.75) is 12.5 Å². The lowest BCUT2D eigenvalue weighted by molar-refractivity contribution is -0.136. The van der Waals surface area contributed by atoms with Crippen molar-refractivity contribution in [1.82, 2.24) is 4.90 Å². The minimum absolute atomic E-state index is 0.0789. The van der Waals surface area contributed by atoms with E-state index in [1.54, 1.807) is 11.8 Å². The highest BCUT2D eigenvalue weighted by Gasteiger charge is 2.41. The molecule has 0 spiro atoms. The quantitative estimate of drug-likeness (QED) is 0.449. The molecule has 6 heteroatoms. The van der Waals surface area contributed by atoms with Gasteiger partial charge in [-0.3, -0.25) is 4.79 Å². The Balaban J connectivity index is 1.97. The second-order valence-electron chi connectivity index (χ2n) is 5.22. The minimum Gasteiger partial charge on any atom is -0.466 e. The summed E-state index contributed by atoms with van der Waals surface area (Å²) in [6, 6.07) is 1.51. The minimum atomic E-state index is -0.341. The standard InChI is InChI=1S/C17H17NO3S2/c1-3-7-23-14-9-13-12(17(20)21-2)4-6-18(13)15(14)16(19)11-5-8-22-10-11/h3,5,8-10,15H,1,4,6-7H2,2H3. The number of methoxy groups -OCH3 is 1. The van der Waals surface area contributed by atoms with Gasteiger partial charge in [-0.15, -0.1) is 18.3 Å². The predicted octanol–water partition coefficient (Wildman–Crippen LogP) is 3.25. The van der Waals surface area contributed by atoms with Crippen LogP contribution >= 0.6 is 23.1 Å². The lowest BCUT2D eigenvalue weighted by atomic mass is 10.1. The molecule has 3 rings (SSSR count). The van der Waals surface area contributed by atoms with Gasteiger partial charge in [-0.1, -0.05) is 6.08 Å². The van der Waals surface area contributed by atoms with Crippen LogP contribution < -0.4 is 0 Å². The first-order valence-electron chi connectivity index (χ1n) is 7.27. The number of hydrogen-bond donors (Lipinski definition) is 0. The highest BCUT2D eigenvalue weighted by atomic mass is 32.2. The summed E-state index contributed by atoms with van der Waals surface area (Å²) in [4.78, 5) is 27.9. The van der Waals surface area contributed by atoms with Crippen molar-refractivity contribution in [2.75, 3.05) is 19.4 Å². The van der Waals surface area contributed by atoms with Gasteiger partial charge in [-0.05, 0) is 23.9 Å². The van der Waals surface area contributed by atoms with E-state index >= 15 is 0 Å². The van der Waals surface area contributed by atoms with Crippen molar-refractivity contribution in [3.05, 3.63) is 57.3 Å². The SMILES string of the molecule is C=CCSC1=CC2=C(C(=O)OC)CCN2C1C(=O)c1ccsc1. The van der Waals surface area contributed by atoms with Gasteiger partial charge in [0.25, 0.3) is 0 Å². The van der Waals surface area contributed by atoms with Gasteiger partial charge in [-0.2, -0.15) is 11.3 Å². The Morgan fingerprint density at radius 2 is 2.39 bits per heavy atom. The topological polar surface area (TPSA) is 46.6 Å². The summed E-state index contributed by atoms with van der Waals surface area (Å²) in [6.45, 7) is 4.40. The van der Waals surface area contributed by atoms with Crippen molar-refractivity contribution < 1.29 is 14.3 Å². The van der Waals surface area contributed by atoms with Crippen LogP contribution in [0.1, 0.15) is 16.8 Å². The smallest absolute Gasteiger partial charge is 0.335 e. The van der Waals surface area contributed by atoms with Gasteiger partial charge in [0.15, 0.2) is 5.78 Å². The fourth-order valence-corrected chi connectivity index (χ4v) is 4.44. The summed E-state index contributed by atoms with van der Waals surface area (Å²) in [5.74, 6) is 0.499. The average molecular weight is 347 g/mol. The molecular formula is C17H17NO3S2. The van der Waals surface area contributed by atoms with Crippen LogP contribution in [-0.2, 0) is 9.53 Å². The van der Waals surface area contributed by atoms with E-state index in [0.717, 1.165) is 21.9 Å². The Kier molecular flexibility index (Phi) is 4.73. The number of allylic oxidation sites excluding steroid dienone is 1. The van der Waals surface area contributed by atoms with E-state index in [1.165, 1.54) is 18.4 Å². The zero-order valence-corrected chi connectivity index (χ0v) is 14.4. The highest BCUT2D eigenvalue weighted by molar-refractivity contribution is 8.03.